The zero-order valence-corrected chi connectivity index (χ0v) is 20.0. The fourth-order valence-corrected chi connectivity index (χ4v) is 3.79. The number of aliphatic hydroxyl groups excluding tert-OH is 1. The number of hydrogen-bond acceptors (Lipinski definition) is 4. The van der Waals surface area contributed by atoms with Crippen molar-refractivity contribution in [3.8, 4) is 0 Å². The van der Waals surface area contributed by atoms with E-state index >= 15 is 0 Å². The molecule has 2 aliphatic rings. The number of ether oxygens (including phenoxy) is 1. The number of halogens is 2. The lowest BCUT2D eigenvalue weighted by Gasteiger charge is -2.27. The largest absolute Gasteiger partial charge is 0.511 e. The van der Waals surface area contributed by atoms with Gasteiger partial charge in [-0.2, -0.15) is 0 Å². The third-order valence-corrected chi connectivity index (χ3v) is 5.93. The molecule has 0 amide bonds. The molecule has 3 N–H and O–H groups in total. The van der Waals surface area contributed by atoms with Crippen molar-refractivity contribution in [3.05, 3.63) is 118 Å². The summed E-state index contributed by atoms with van der Waals surface area (Å²) in [4.78, 5) is 0. The van der Waals surface area contributed by atoms with E-state index in [0.717, 1.165) is 35.1 Å². The normalized spacial score (nSPS) is 18.4. The van der Waals surface area contributed by atoms with E-state index in [1.807, 2.05) is 44.2 Å². The summed E-state index contributed by atoms with van der Waals surface area (Å²) in [6.07, 6.45) is 17.5. The lowest BCUT2D eigenvalue weighted by Crippen LogP contribution is -2.34. The van der Waals surface area contributed by atoms with Gasteiger partial charge in [-0.1, -0.05) is 36.4 Å². The van der Waals surface area contributed by atoms with E-state index < -0.39 is 11.6 Å². The average Bonchev–Trinajstić information content (AvgIpc) is 3.19. The van der Waals surface area contributed by atoms with Crippen LogP contribution in [0.2, 0.25) is 0 Å². The molecule has 1 aromatic rings. The molecule has 0 saturated heterocycles. The minimum atomic E-state index is -0.858. The van der Waals surface area contributed by atoms with Gasteiger partial charge >= 0.3 is 0 Å². The monoisotopic (exact) mass is 466 g/mol. The van der Waals surface area contributed by atoms with Gasteiger partial charge in [0.25, 0.3) is 0 Å². The van der Waals surface area contributed by atoms with E-state index in [1.165, 1.54) is 6.07 Å². The van der Waals surface area contributed by atoms with Crippen molar-refractivity contribution < 1.29 is 18.6 Å². The smallest absolute Gasteiger partial charge is 0.159 e. The van der Waals surface area contributed by atoms with Crippen molar-refractivity contribution >= 4 is 0 Å². The molecule has 0 spiro atoms. The van der Waals surface area contributed by atoms with Gasteiger partial charge < -0.3 is 15.2 Å². The molecule has 2 aliphatic carbocycles. The van der Waals surface area contributed by atoms with Crippen LogP contribution in [0.4, 0.5) is 8.78 Å². The molecule has 3 rings (SSSR count). The zero-order chi connectivity index (χ0) is 24.7. The Bertz CT molecular complexity index is 1120. The van der Waals surface area contributed by atoms with E-state index in [0.29, 0.717) is 17.7 Å². The minimum Gasteiger partial charge on any atom is -0.511 e. The number of hydrogen-bond donors (Lipinski definition) is 3. The summed E-state index contributed by atoms with van der Waals surface area (Å²) >= 11 is 0. The third-order valence-electron chi connectivity index (χ3n) is 5.93. The number of rotatable bonds is 8. The van der Waals surface area contributed by atoms with Crippen molar-refractivity contribution in [2.45, 2.75) is 45.7 Å². The highest BCUT2D eigenvalue weighted by molar-refractivity contribution is 5.43. The standard InChI is InChI=1S/C28H32F2N2O2/c1-18(20(3)33)31-24-9-5-7-21(11-14-24)28(22-8-6-10-25(34-4)15-12-22)32-19(2)23-13-16-26(29)27(30)17-23/h5,7-10,12-17,19,28,31-33H,6,11H2,1-4H3/b20-18-. The summed E-state index contributed by atoms with van der Waals surface area (Å²) in [6, 6.07) is 3.60. The van der Waals surface area contributed by atoms with Crippen LogP contribution in [-0.2, 0) is 4.74 Å². The van der Waals surface area contributed by atoms with E-state index in [1.54, 1.807) is 20.1 Å². The van der Waals surface area contributed by atoms with Gasteiger partial charge in [0.2, 0.25) is 0 Å². The van der Waals surface area contributed by atoms with Crippen LogP contribution in [0.1, 0.15) is 45.2 Å². The Morgan fingerprint density at radius 1 is 1.06 bits per heavy atom. The van der Waals surface area contributed by atoms with Crippen molar-refractivity contribution in [1.82, 2.24) is 10.6 Å². The molecule has 34 heavy (non-hydrogen) atoms. The SMILES string of the molecule is COC1=CCC=C(C(NC(C)c2ccc(F)c(F)c2)C2=CC=CC(N/C(C)=C(/C)O)=CC2)C=C1. The summed E-state index contributed by atoms with van der Waals surface area (Å²) in [5.41, 5.74) is 4.41. The molecule has 0 bridgehead atoms. The van der Waals surface area contributed by atoms with E-state index in [-0.39, 0.29) is 17.8 Å². The summed E-state index contributed by atoms with van der Waals surface area (Å²) in [6.45, 7) is 5.39. The number of methoxy groups -OCH3 is 1. The zero-order valence-electron chi connectivity index (χ0n) is 20.0. The summed E-state index contributed by atoms with van der Waals surface area (Å²) < 4.78 is 32.7. The molecular formula is C28H32F2N2O2. The third kappa shape index (κ3) is 6.58. The Kier molecular flexibility index (Phi) is 8.66. The highest BCUT2D eigenvalue weighted by Crippen LogP contribution is 2.27. The van der Waals surface area contributed by atoms with Crippen molar-refractivity contribution in [3.63, 3.8) is 0 Å². The minimum absolute atomic E-state index is 0.166. The Morgan fingerprint density at radius 3 is 2.56 bits per heavy atom. The molecule has 2 unspecified atom stereocenters. The quantitative estimate of drug-likeness (QED) is 0.379. The number of benzene rings is 1. The molecule has 1 aromatic carbocycles. The maximum absolute atomic E-state index is 13.9. The topological polar surface area (TPSA) is 53.5 Å². The maximum atomic E-state index is 13.9. The summed E-state index contributed by atoms with van der Waals surface area (Å²) in [7, 11) is 1.64. The Balaban J connectivity index is 1.89. The molecule has 6 heteroatoms. The predicted molar refractivity (Wildman–Crippen MR) is 133 cm³/mol. The van der Waals surface area contributed by atoms with Crippen LogP contribution in [0.5, 0.6) is 0 Å². The van der Waals surface area contributed by atoms with Gasteiger partial charge in [-0.05, 0) is 80.7 Å². The van der Waals surface area contributed by atoms with Gasteiger partial charge in [-0.25, -0.2) is 8.78 Å². The molecule has 0 aromatic heterocycles. The number of aliphatic hydroxyl groups is 1. The first-order valence-electron chi connectivity index (χ1n) is 11.3. The Labute approximate surface area is 200 Å². The highest BCUT2D eigenvalue weighted by Gasteiger charge is 2.22. The molecule has 4 nitrogen and oxygen atoms in total. The molecule has 0 saturated carbocycles. The Morgan fingerprint density at radius 2 is 1.85 bits per heavy atom. The molecule has 0 aliphatic heterocycles. The first-order valence-corrected chi connectivity index (χ1v) is 11.3. The van der Waals surface area contributed by atoms with Gasteiger partial charge in [0, 0.05) is 17.4 Å². The molecular weight excluding hydrogens is 434 g/mol. The van der Waals surface area contributed by atoms with Crippen LogP contribution >= 0.6 is 0 Å². The van der Waals surface area contributed by atoms with Crippen LogP contribution in [0.15, 0.2) is 101 Å². The van der Waals surface area contributed by atoms with Gasteiger partial charge in [-0.3, -0.25) is 5.32 Å². The van der Waals surface area contributed by atoms with Gasteiger partial charge in [0.05, 0.1) is 13.2 Å². The second-order valence-electron chi connectivity index (χ2n) is 8.38. The van der Waals surface area contributed by atoms with Crippen LogP contribution in [-0.4, -0.2) is 18.3 Å². The lowest BCUT2D eigenvalue weighted by atomic mass is 9.93. The van der Waals surface area contributed by atoms with E-state index in [9.17, 15) is 13.9 Å². The summed E-state index contributed by atoms with van der Waals surface area (Å²) in [5, 5.41) is 16.5. The van der Waals surface area contributed by atoms with E-state index in [2.05, 4.69) is 28.9 Å². The van der Waals surface area contributed by atoms with Crippen LogP contribution < -0.4 is 10.6 Å². The maximum Gasteiger partial charge on any atom is 0.159 e. The first-order chi connectivity index (χ1) is 16.3. The second-order valence-corrected chi connectivity index (χ2v) is 8.38. The lowest BCUT2D eigenvalue weighted by molar-refractivity contribution is 0.306. The van der Waals surface area contributed by atoms with Gasteiger partial charge in [0.15, 0.2) is 11.6 Å². The van der Waals surface area contributed by atoms with Crippen LogP contribution in [0.25, 0.3) is 0 Å². The predicted octanol–water partition coefficient (Wildman–Crippen LogP) is 6.57. The van der Waals surface area contributed by atoms with Crippen LogP contribution in [0.3, 0.4) is 0 Å². The fraction of sp³-hybridized carbons (Fsp3) is 0.286. The molecule has 180 valence electrons. The second kappa shape index (κ2) is 11.7. The number of nitrogens with one attached hydrogen (secondary N) is 2. The first kappa shape index (κ1) is 25.2. The van der Waals surface area contributed by atoms with Crippen LogP contribution in [0, 0.1) is 11.6 Å². The molecule has 0 radical (unpaired) electrons. The van der Waals surface area contributed by atoms with Crippen molar-refractivity contribution in [2.24, 2.45) is 0 Å². The Hall–Kier alpha value is -3.38. The highest BCUT2D eigenvalue weighted by atomic mass is 19.2. The van der Waals surface area contributed by atoms with Crippen molar-refractivity contribution in [2.75, 3.05) is 7.11 Å². The molecule has 0 heterocycles. The fourth-order valence-electron chi connectivity index (χ4n) is 3.79. The van der Waals surface area contributed by atoms with Gasteiger partial charge in [-0.15, -0.1) is 0 Å². The van der Waals surface area contributed by atoms with Crippen molar-refractivity contribution in [1.29, 1.82) is 0 Å². The summed E-state index contributed by atoms with van der Waals surface area (Å²) in [5.74, 6) is -0.685. The van der Waals surface area contributed by atoms with Gasteiger partial charge in [0.1, 0.15) is 11.5 Å². The van der Waals surface area contributed by atoms with E-state index in [4.69, 9.17) is 4.74 Å². The average molecular weight is 467 g/mol. The molecule has 2 atom stereocenters. The number of allylic oxidation sites excluding steroid dienone is 9. The molecule has 0 fully saturated rings.